The van der Waals surface area contributed by atoms with Gasteiger partial charge < -0.3 is 23.4 Å². The molecule has 24 nitrogen and oxygen atoms in total. The lowest BCUT2D eigenvalue weighted by Crippen LogP contribution is -2.54. The molecule has 336 valence electrons. The average Bonchev–Trinajstić information content (AvgIpc) is 3.26. The van der Waals surface area contributed by atoms with E-state index >= 15 is 0 Å². The van der Waals surface area contributed by atoms with Crippen molar-refractivity contribution in [1.82, 2.24) is 22.8 Å². The van der Waals surface area contributed by atoms with Crippen LogP contribution in [-0.2, 0) is 61.6 Å². The van der Waals surface area contributed by atoms with Crippen LogP contribution < -0.4 is 34.2 Å². The highest BCUT2D eigenvalue weighted by molar-refractivity contribution is 5.32. The SMILES string of the molecule is N#COCCCCCCn1c(=NCCCCCCN=C=O)oc(=O)n(COC#N)c1=O.N#COCCCCCCn1c(=O)n(CCCCCCN=C=O)c(=O)n(COC#N)c1=O. The molecular weight excluding hydrogens is 816 g/mol. The Labute approximate surface area is 355 Å². The molecule has 0 amide bonds. The molecule has 0 bridgehead atoms. The summed E-state index contributed by atoms with van der Waals surface area (Å²) in [5.41, 5.74) is -3.06. The molecule has 0 aliphatic carbocycles. The van der Waals surface area contributed by atoms with E-state index in [4.69, 9.17) is 25.5 Å². The number of carbonyl (C=O) groups excluding carboxylic acids is 2. The van der Waals surface area contributed by atoms with E-state index in [0.29, 0.717) is 88.8 Å². The van der Waals surface area contributed by atoms with Crippen LogP contribution in [0.25, 0.3) is 0 Å². The molecule has 2 heterocycles. The van der Waals surface area contributed by atoms with Crippen LogP contribution in [0.1, 0.15) is 103 Å². The van der Waals surface area contributed by atoms with Gasteiger partial charge in [0.2, 0.25) is 12.2 Å². The van der Waals surface area contributed by atoms with E-state index < -0.39 is 42.0 Å². The van der Waals surface area contributed by atoms with Crippen LogP contribution in [0, 0.1) is 46.1 Å². The molecule has 24 heteroatoms. The van der Waals surface area contributed by atoms with E-state index in [0.717, 1.165) is 65.1 Å². The molecule has 0 unspecified atom stereocenters. The number of nitriles is 4. The fourth-order valence-corrected chi connectivity index (χ4v) is 5.70. The van der Waals surface area contributed by atoms with Crippen molar-refractivity contribution in [3.63, 3.8) is 0 Å². The monoisotopic (exact) mass is 868 g/mol. The van der Waals surface area contributed by atoms with E-state index in [1.165, 1.54) is 29.2 Å². The maximum Gasteiger partial charge on any atom is 0.428 e. The number of hydrogen-bond acceptors (Lipinski definition) is 19. The van der Waals surface area contributed by atoms with Crippen LogP contribution in [0.3, 0.4) is 0 Å². The number of nitrogens with zero attached hydrogens (tertiary/aromatic N) is 12. The van der Waals surface area contributed by atoms with Crippen molar-refractivity contribution >= 4 is 12.2 Å². The van der Waals surface area contributed by atoms with Gasteiger partial charge in [0.15, 0.2) is 13.5 Å². The zero-order valence-corrected chi connectivity index (χ0v) is 34.7. The van der Waals surface area contributed by atoms with Gasteiger partial charge in [-0.2, -0.15) is 25.6 Å². The second-order valence-corrected chi connectivity index (χ2v) is 13.2. The van der Waals surface area contributed by atoms with E-state index in [2.05, 4.69) is 33.9 Å². The summed E-state index contributed by atoms with van der Waals surface area (Å²) < 4.78 is 28.1. The minimum Gasteiger partial charge on any atom is -0.428 e. The van der Waals surface area contributed by atoms with E-state index in [9.17, 15) is 33.6 Å². The molecule has 0 saturated carbocycles. The van der Waals surface area contributed by atoms with E-state index in [1.54, 1.807) is 12.5 Å². The molecule has 2 rings (SSSR count). The molecular formula is C38H52N12O12. The fraction of sp³-hybridized carbons (Fsp3) is 0.684. The largest absolute Gasteiger partial charge is 0.428 e. The van der Waals surface area contributed by atoms with Crippen molar-refractivity contribution in [2.75, 3.05) is 32.8 Å². The molecule has 62 heavy (non-hydrogen) atoms. The minimum absolute atomic E-state index is 0.0680. The zero-order valence-electron chi connectivity index (χ0n) is 34.7. The van der Waals surface area contributed by atoms with Crippen molar-refractivity contribution in [3.05, 3.63) is 58.2 Å². The predicted molar refractivity (Wildman–Crippen MR) is 213 cm³/mol. The lowest BCUT2D eigenvalue weighted by atomic mass is 10.2. The number of ether oxygens (including phenoxy) is 4. The summed E-state index contributed by atoms with van der Waals surface area (Å²) in [7, 11) is 0. The van der Waals surface area contributed by atoms with Gasteiger partial charge >= 0.3 is 34.2 Å². The number of isocyanates is 2. The molecule has 0 radical (unpaired) electrons. The standard InChI is InChI=1S/2C19H26N6O6/c20-13-29-12-8-4-3-7-11-24-17(23-10-6-2-1-5-9-22-15-26)31-19(28)25(18(24)27)16-30-14-21;20-13-30-12-8-4-3-7-11-24-17(27)23(10-6-2-1-5-9-22-15-26)18(28)25(19(24)29)16-31-14-21/h2*1-12,16H2. The van der Waals surface area contributed by atoms with Crippen molar-refractivity contribution in [2.45, 2.75) is 136 Å². The minimum atomic E-state index is -0.948. The van der Waals surface area contributed by atoms with E-state index in [1.807, 2.05) is 0 Å². The molecule has 0 N–H and O–H groups in total. The third kappa shape index (κ3) is 21.1. The lowest BCUT2D eigenvalue weighted by molar-refractivity contribution is 0.157. The van der Waals surface area contributed by atoms with Crippen LogP contribution in [0.15, 0.2) is 43.4 Å². The Hall–Kier alpha value is -7.26. The summed E-state index contributed by atoms with van der Waals surface area (Å²) in [6.07, 6.45) is 20.5. The summed E-state index contributed by atoms with van der Waals surface area (Å²) in [6.45, 7) is 1.28. The van der Waals surface area contributed by atoms with Gasteiger partial charge in [-0.25, -0.2) is 66.8 Å². The van der Waals surface area contributed by atoms with Crippen molar-refractivity contribution in [2.24, 2.45) is 15.0 Å². The topological polar surface area (TPSA) is 326 Å². The van der Waals surface area contributed by atoms with Crippen LogP contribution in [0.4, 0.5) is 0 Å². The summed E-state index contributed by atoms with van der Waals surface area (Å²) in [5.74, 6) is -0.948. The quantitative estimate of drug-likeness (QED) is 0.0435. The Kier molecular flexibility index (Phi) is 29.4. The number of hydrogen-bond donors (Lipinski definition) is 0. The third-order valence-corrected chi connectivity index (χ3v) is 8.83. The first-order chi connectivity index (χ1) is 30.2. The average molecular weight is 869 g/mol. The first-order valence-corrected chi connectivity index (χ1v) is 20.1. The second-order valence-electron chi connectivity index (χ2n) is 13.2. The molecule has 0 aromatic carbocycles. The Bertz CT molecular complexity index is 2280. The van der Waals surface area contributed by atoms with Crippen LogP contribution in [0.2, 0.25) is 0 Å². The Morgan fingerprint density at radius 1 is 0.435 bits per heavy atom. The maximum absolute atomic E-state index is 12.7. The summed E-state index contributed by atoms with van der Waals surface area (Å²) in [5, 5.41) is 33.8. The van der Waals surface area contributed by atoms with Gasteiger partial charge in [0, 0.05) is 26.2 Å². The van der Waals surface area contributed by atoms with Gasteiger partial charge in [-0.05, 0) is 64.2 Å². The molecule has 0 aliphatic heterocycles. The van der Waals surface area contributed by atoms with Gasteiger partial charge in [0.25, 0.3) is 25.0 Å². The van der Waals surface area contributed by atoms with Gasteiger partial charge in [0.1, 0.15) is 13.2 Å². The molecule has 0 spiro atoms. The first kappa shape index (κ1) is 52.8. The van der Waals surface area contributed by atoms with Crippen molar-refractivity contribution in [1.29, 1.82) is 21.0 Å². The van der Waals surface area contributed by atoms with Crippen LogP contribution in [-0.4, -0.2) is 67.8 Å². The highest BCUT2D eigenvalue weighted by atomic mass is 16.5. The normalized spacial score (nSPS) is 10.4. The fourth-order valence-electron chi connectivity index (χ4n) is 5.70. The molecule has 0 fully saturated rings. The first-order valence-electron chi connectivity index (χ1n) is 20.1. The highest BCUT2D eigenvalue weighted by Gasteiger charge is 2.16. The molecule has 0 aliphatic rings. The number of aliphatic imine (C=N–C) groups is 2. The van der Waals surface area contributed by atoms with Crippen molar-refractivity contribution in [3.8, 4) is 25.0 Å². The molecule has 2 aromatic rings. The van der Waals surface area contributed by atoms with Gasteiger partial charge in [-0.3, -0.25) is 0 Å². The van der Waals surface area contributed by atoms with Crippen LogP contribution in [0.5, 0.6) is 0 Å². The summed E-state index contributed by atoms with van der Waals surface area (Å²) in [6, 6.07) is 0. The van der Waals surface area contributed by atoms with Gasteiger partial charge in [-0.1, -0.05) is 38.5 Å². The highest BCUT2D eigenvalue weighted by Crippen LogP contribution is 2.04. The zero-order chi connectivity index (χ0) is 45.6. The van der Waals surface area contributed by atoms with E-state index in [-0.39, 0.29) is 25.3 Å². The molecule has 0 saturated heterocycles. The van der Waals surface area contributed by atoms with Gasteiger partial charge in [-0.15, -0.1) is 0 Å². The maximum atomic E-state index is 12.7. The predicted octanol–water partition coefficient (Wildman–Crippen LogP) is 1.49. The van der Waals surface area contributed by atoms with Crippen LogP contribution >= 0.6 is 0 Å². The Morgan fingerprint density at radius 3 is 1.26 bits per heavy atom. The van der Waals surface area contributed by atoms with Gasteiger partial charge in [0.05, 0.1) is 13.1 Å². The molecule has 2 aromatic heterocycles. The summed E-state index contributed by atoms with van der Waals surface area (Å²) >= 11 is 0. The third-order valence-electron chi connectivity index (χ3n) is 8.83. The Morgan fingerprint density at radius 2 is 0.806 bits per heavy atom. The lowest BCUT2D eigenvalue weighted by Gasteiger charge is -2.13. The number of rotatable bonds is 32. The second kappa shape index (κ2) is 34.6. The summed E-state index contributed by atoms with van der Waals surface area (Å²) in [4.78, 5) is 93.9. The molecule has 0 atom stereocenters. The number of unbranched alkanes of at least 4 members (excludes halogenated alkanes) is 12. The smallest absolute Gasteiger partial charge is 0.428 e. The Balaban J connectivity index is 0.000000620. The number of aromatic nitrogens is 5. The van der Waals surface area contributed by atoms with Crippen molar-refractivity contribution < 1.29 is 33.0 Å².